The molecule has 0 saturated carbocycles. The Hall–Kier alpha value is -3.13. The molecular formula is C25H23ClF2N2O7S. The number of hydroxylamine groups is 1. The Morgan fingerprint density at radius 1 is 1.08 bits per heavy atom. The van der Waals surface area contributed by atoms with Gasteiger partial charge in [-0.05, 0) is 48.5 Å². The Morgan fingerprint density at radius 2 is 1.74 bits per heavy atom. The third-order valence-electron chi connectivity index (χ3n) is 6.11. The summed E-state index contributed by atoms with van der Waals surface area (Å²) >= 11 is 6.00. The molecular weight excluding hydrogens is 546 g/mol. The van der Waals surface area contributed by atoms with Crippen LogP contribution in [0.4, 0.5) is 8.78 Å². The van der Waals surface area contributed by atoms with Crippen LogP contribution in [0.3, 0.4) is 0 Å². The van der Waals surface area contributed by atoms with E-state index in [9.17, 15) is 27.2 Å². The highest BCUT2D eigenvalue weighted by Gasteiger charge is 2.57. The van der Waals surface area contributed by atoms with E-state index in [0.29, 0.717) is 16.9 Å². The summed E-state index contributed by atoms with van der Waals surface area (Å²) in [6, 6.07) is 14.3. The Balaban J connectivity index is 1.54. The maximum absolute atomic E-state index is 13.4. The lowest BCUT2D eigenvalue weighted by atomic mass is 9.91. The van der Waals surface area contributed by atoms with E-state index in [1.165, 1.54) is 73.3 Å². The number of amides is 1. The fraction of sp³-hybridized carbons (Fsp3) is 0.240. The standard InChI is InChI=1S/C25H23ClF2N2O7S/c1-35-25(17-3-6-18(27)7-4-17)14-24(15-37-25,23(31)29-32)30-38(33,34)21-10-8-20(9-11-21)36-13-16-2-5-19(28)12-22(16)26/h2-12,30,32H,13-15H2,1H3,(H,29,31). The van der Waals surface area contributed by atoms with Gasteiger partial charge in [0.05, 0.1) is 16.5 Å². The summed E-state index contributed by atoms with van der Waals surface area (Å²) in [5.74, 6) is -3.35. The van der Waals surface area contributed by atoms with Crippen molar-refractivity contribution in [2.75, 3.05) is 13.7 Å². The number of sulfonamides is 1. The molecule has 9 nitrogen and oxygen atoms in total. The number of methoxy groups -OCH3 is 1. The van der Waals surface area contributed by atoms with E-state index in [2.05, 4.69) is 4.72 Å². The van der Waals surface area contributed by atoms with Gasteiger partial charge in [-0.15, -0.1) is 0 Å². The summed E-state index contributed by atoms with van der Waals surface area (Å²) in [5.41, 5.74) is 0.390. The zero-order chi connectivity index (χ0) is 27.6. The molecule has 13 heteroatoms. The van der Waals surface area contributed by atoms with Crippen LogP contribution in [0.5, 0.6) is 5.75 Å². The second-order valence-electron chi connectivity index (χ2n) is 8.55. The highest BCUT2D eigenvalue weighted by atomic mass is 35.5. The lowest BCUT2D eigenvalue weighted by Crippen LogP contribution is -2.59. The molecule has 1 aliphatic rings. The summed E-state index contributed by atoms with van der Waals surface area (Å²) < 4.78 is 72.3. The van der Waals surface area contributed by atoms with Gasteiger partial charge in [-0.2, -0.15) is 4.72 Å². The molecule has 3 aromatic rings. The second-order valence-corrected chi connectivity index (χ2v) is 10.6. The van der Waals surface area contributed by atoms with E-state index >= 15 is 0 Å². The van der Waals surface area contributed by atoms with Gasteiger partial charge in [0, 0.05) is 24.7 Å². The molecule has 2 atom stereocenters. The molecule has 3 N–H and O–H groups in total. The van der Waals surface area contributed by atoms with Crippen LogP contribution in [-0.4, -0.2) is 38.8 Å². The van der Waals surface area contributed by atoms with Crippen LogP contribution in [0.2, 0.25) is 5.02 Å². The van der Waals surface area contributed by atoms with Crippen molar-refractivity contribution in [3.8, 4) is 5.75 Å². The van der Waals surface area contributed by atoms with Crippen LogP contribution in [0, 0.1) is 11.6 Å². The average molecular weight is 569 g/mol. The average Bonchev–Trinajstić information content (AvgIpc) is 3.28. The van der Waals surface area contributed by atoms with Crippen molar-refractivity contribution in [2.45, 2.75) is 29.2 Å². The van der Waals surface area contributed by atoms with Crippen LogP contribution in [-0.2, 0) is 36.7 Å². The Morgan fingerprint density at radius 3 is 2.34 bits per heavy atom. The van der Waals surface area contributed by atoms with Crippen molar-refractivity contribution in [3.05, 3.63) is 94.5 Å². The molecule has 1 fully saturated rings. The van der Waals surface area contributed by atoms with Crippen LogP contribution >= 0.6 is 11.6 Å². The smallest absolute Gasteiger partial charge is 0.267 e. The molecule has 0 spiro atoms. The highest BCUT2D eigenvalue weighted by molar-refractivity contribution is 7.89. The Labute approximate surface area is 222 Å². The number of halogens is 3. The number of hydrogen-bond donors (Lipinski definition) is 3. The van der Waals surface area contributed by atoms with Crippen molar-refractivity contribution >= 4 is 27.5 Å². The summed E-state index contributed by atoms with van der Waals surface area (Å²) in [7, 11) is -3.04. The normalized spacial score (nSPS) is 21.3. The summed E-state index contributed by atoms with van der Waals surface area (Å²) in [4.78, 5) is 12.5. The quantitative estimate of drug-likeness (QED) is 0.266. The van der Waals surface area contributed by atoms with Crippen LogP contribution < -0.4 is 14.9 Å². The molecule has 1 aliphatic heterocycles. The van der Waals surface area contributed by atoms with Gasteiger partial charge < -0.3 is 14.2 Å². The first kappa shape index (κ1) is 27.9. The van der Waals surface area contributed by atoms with Gasteiger partial charge in [-0.3, -0.25) is 10.0 Å². The number of hydrogen-bond acceptors (Lipinski definition) is 7. The van der Waals surface area contributed by atoms with Crippen molar-refractivity contribution in [1.29, 1.82) is 0 Å². The van der Waals surface area contributed by atoms with Gasteiger partial charge in [0.2, 0.25) is 10.0 Å². The predicted octanol–water partition coefficient (Wildman–Crippen LogP) is 3.64. The minimum atomic E-state index is -4.34. The monoisotopic (exact) mass is 568 g/mol. The first-order valence-electron chi connectivity index (χ1n) is 11.1. The van der Waals surface area contributed by atoms with Gasteiger partial charge in [-0.25, -0.2) is 22.7 Å². The fourth-order valence-electron chi connectivity index (χ4n) is 4.07. The summed E-state index contributed by atoms with van der Waals surface area (Å²) in [6.45, 7) is -0.480. The molecule has 4 rings (SSSR count). The molecule has 0 radical (unpaired) electrons. The molecule has 0 bridgehead atoms. The molecule has 0 aliphatic carbocycles. The first-order chi connectivity index (χ1) is 18.0. The minimum Gasteiger partial charge on any atom is -0.489 e. The molecule has 2 unspecified atom stereocenters. The van der Waals surface area contributed by atoms with E-state index < -0.39 is 45.5 Å². The van der Waals surface area contributed by atoms with Crippen molar-refractivity contribution in [3.63, 3.8) is 0 Å². The van der Waals surface area contributed by atoms with Crippen LogP contribution in [0.1, 0.15) is 17.5 Å². The molecule has 0 aromatic heterocycles. The number of nitrogens with one attached hydrogen (secondary N) is 2. The van der Waals surface area contributed by atoms with E-state index in [1.54, 1.807) is 0 Å². The van der Waals surface area contributed by atoms with Gasteiger partial charge in [0.15, 0.2) is 5.79 Å². The maximum Gasteiger partial charge on any atom is 0.267 e. The summed E-state index contributed by atoms with van der Waals surface area (Å²) in [5, 5.41) is 9.56. The third-order valence-corrected chi connectivity index (χ3v) is 8.01. The molecule has 1 saturated heterocycles. The highest BCUT2D eigenvalue weighted by Crippen LogP contribution is 2.42. The second kappa shape index (κ2) is 10.9. The Bertz CT molecular complexity index is 1420. The molecule has 1 amide bonds. The lowest BCUT2D eigenvalue weighted by molar-refractivity contribution is -0.201. The van der Waals surface area contributed by atoms with Crippen LogP contribution in [0.15, 0.2) is 71.6 Å². The van der Waals surface area contributed by atoms with E-state index in [0.717, 1.165) is 6.07 Å². The SMILES string of the molecule is COC1(c2ccc(F)cc2)CC(NS(=O)(=O)c2ccc(OCc3ccc(F)cc3Cl)cc2)(C(=O)NO)CO1. The third kappa shape index (κ3) is 5.65. The van der Waals surface area contributed by atoms with E-state index in [-0.39, 0.29) is 22.9 Å². The topological polar surface area (TPSA) is 123 Å². The van der Waals surface area contributed by atoms with Gasteiger partial charge in [0.25, 0.3) is 5.91 Å². The summed E-state index contributed by atoms with van der Waals surface area (Å²) in [6.07, 6.45) is -0.368. The fourth-order valence-corrected chi connectivity index (χ4v) is 5.65. The van der Waals surface area contributed by atoms with Crippen molar-refractivity contribution in [2.24, 2.45) is 0 Å². The molecule has 1 heterocycles. The number of carbonyl (C=O) groups is 1. The molecule has 202 valence electrons. The number of rotatable bonds is 9. The largest absolute Gasteiger partial charge is 0.489 e. The molecule has 38 heavy (non-hydrogen) atoms. The van der Waals surface area contributed by atoms with Gasteiger partial charge in [0.1, 0.15) is 29.5 Å². The predicted molar refractivity (Wildman–Crippen MR) is 131 cm³/mol. The molecule has 3 aromatic carbocycles. The lowest BCUT2D eigenvalue weighted by Gasteiger charge is -2.30. The van der Waals surface area contributed by atoms with Gasteiger partial charge in [-0.1, -0.05) is 29.8 Å². The number of benzene rings is 3. The maximum atomic E-state index is 13.4. The van der Waals surface area contributed by atoms with E-state index in [1.807, 2.05) is 0 Å². The number of ether oxygens (including phenoxy) is 3. The van der Waals surface area contributed by atoms with Crippen LogP contribution in [0.25, 0.3) is 0 Å². The minimum absolute atomic E-state index is 0.0169. The van der Waals surface area contributed by atoms with Gasteiger partial charge >= 0.3 is 0 Å². The van der Waals surface area contributed by atoms with E-state index in [4.69, 9.17) is 25.8 Å². The number of carbonyl (C=O) groups excluding carboxylic acids is 1. The zero-order valence-corrected chi connectivity index (χ0v) is 21.5. The van der Waals surface area contributed by atoms with Crippen molar-refractivity contribution in [1.82, 2.24) is 10.2 Å². The zero-order valence-electron chi connectivity index (χ0n) is 19.9. The first-order valence-corrected chi connectivity index (χ1v) is 13.0. The Kier molecular flexibility index (Phi) is 8.02. The van der Waals surface area contributed by atoms with Crippen molar-refractivity contribution < 1.29 is 41.4 Å².